The molecule has 0 aromatic carbocycles. The van der Waals surface area contributed by atoms with Crippen molar-refractivity contribution in [3.63, 3.8) is 0 Å². The third-order valence-electron chi connectivity index (χ3n) is 3.01. The molecule has 0 aliphatic carbocycles. The number of nitrogens with zero attached hydrogens (tertiary/aromatic N) is 2. The molecule has 0 radical (unpaired) electrons. The van der Waals surface area contributed by atoms with Gasteiger partial charge in [0.2, 0.25) is 0 Å². The molecule has 0 atom stereocenters. The summed E-state index contributed by atoms with van der Waals surface area (Å²) in [6.45, 7) is 8.70. The van der Waals surface area contributed by atoms with Gasteiger partial charge < -0.3 is 10.2 Å². The molecule has 4 heteroatoms. The van der Waals surface area contributed by atoms with Crippen LogP contribution in [0, 0.1) is 0 Å². The second-order valence-electron chi connectivity index (χ2n) is 3.95. The Labute approximate surface area is 106 Å². The van der Waals surface area contributed by atoms with E-state index in [1.807, 2.05) is 6.20 Å². The van der Waals surface area contributed by atoms with E-state index in [9.17, 15) is 0 Å². The molecule has 0 unspecified atom stereocenters. The number of hydrogen-bond donors (Lipinski definition) is 1. The Balaban J connectivity index is 1.97. The predicted molar refractivity (Wildman–Crippen MR) is 75.9 cm³/mol. The van der Waals surface area contributed by atoms with E-state index in [0.29, 0.717) is 0 Å². The largest absolute Gasteiger partial charge is 0.383 e. The van der Waals surface area contributed by atoms with Crippen LogP contribution in [0.1, 0.15) is 13.8 Å². The molecule has 0 saturated carbocycles. The highest BCUT2D eigenvalue weighted by Gasteiger charge is 2.03. The normalized spacial score (nSPS) is 11.2. The molecule has 17 heavy (non-hydrogen) atoms. The first kappa shape index (κ1) is 12.3. The van der Waals surface area contributed by atoms with Gasteiger partial charge in [-0.2, -0.15) is 0 Å². The minimum atomic E-state index is 0.983. The lowest BCUT2D eigenvalue weighted by molar-refractivity contribution is 0.316. The first-order valence-electron chi connectivity index (χ1n) is 6.13. The first-order valence-corrected chi connectivity index (χ1v) is 7.01. The summed E-state index contributed by atoms with van der Waals surface area (Å²) in [4.78, 5) is 7.87. The van der Waals surface area contributed by atoms with E-state index in [2.05, 4.69) is 46.6 Å². The van der Waals surface area contributed by atoms with Crippen LogP contribution in [0.15, 0.2) is 23.7 Å². The van der Waals surface area contributed by atoms with Gasteiger partial charge in [0.15, 0.2) is 0 Å². The Morgan fingerprint density at radius 2 is 2.12 bits per heavy atom. The van der Waals surface area contributed by atoms with Crippen LogP contribution in [0.25, 0.3) is 10.2 Å². The number of hydrogen-bond acceptors (Lipinski definition) is 4. The van der Waals surface area contributed by atoms with E-state index in [4.69, 9.17) is 0 Å². The van der Waals surface area contributed by atoms with E-state index in [1.54, 1.807) is 11.3 Å². The van der Waals surface area contributed by atoms with Crippen LogP contribution in [0.2, 0.25) is 0 Å². The molecule has 0 spiro atoms. The molecule has 2 aromatic rings. The SMILES string of the molecule is CCN(CC)CCNc1ccnc2sccc12. The summed E-state index contributed by atoms with van der Waals surface area (Å²) < 4.78 is 0. The standard InChI is InChI=1S/C13H19N3S/c1-3-16(4-2)9-8-14-12-5-7-15-13-11(12)6-10-17-13/h5-7,10H,3-4,8-9H2,1-2H3,(H,14,15). The number of thiophene rings is 1. The Hall–Kier alpha value is -1.13. The lowest BCUT2D eigenvalue weighted by atomic mass is 10.3. The summed E-state index contributed by atoms with van der Waals surface area (Å²) in [7, 11) is 0. The Morgan fingerprint density at radius 3 is 2.88 bits per heavy atom. The third kappa shape index (κ3) is 2.96. The van der Waals surface area contributed by atoms with Gasteiger partial charge in [0.25, 0.3) is 0 Å². The summed E-state index contributed by atoms with van der Waals surface area (Å²) >= 11 is 1.69. The number of fused-ring (bicyclic) bond motifs is 1. The van der Waals surface area contributed by atoms with E-state index in [-0.39, 0.29) is 0 Å². The van der Waals surface area contributed by atoms with E-state index < -0.39 is 0 Å². The van der Waals surface area contributed by atoms with Crippen molar-refractivity contribution in [2.45, 2.75) is 13.8 Å². The van der Waals surface area contributed by atoms with Gasteiger partial charge in [-0.05, 0) is 30.6 Å². The van der Waals surface area contributed by atoms with Crippen LogP contribution in [0.3, 0.4) is 0 Å². The van der Waals surface area contributed by atoms with Gasteiger partial charge in [0, 0.05) is 30.4 Å². The second-order valence-corrected chi connectivity index (χ2v) is 4.85. The molecule has 1 N–H and O–H groups in total. The number of rotatable bonds is 6. The summed E-state index contributed by atoms with van der Waals surface area (Å²) in [5.74, 6) is 0. The van der Waals surface area contributed by atoms with Gasteiger partial charge in [0.05, 0.1) is 0 Å². The van der Waals surface area contributed by atoms with Crippen molar-refractivity contribution >= 4 is 27.2 Å². The second kappa shape index (κ2) is 5.98. The number of pyridine rings is 1. The Bertz CT molecular complexity index is 462. The van der Waals surface area contributed by atoms with Crippen LogP contribution in [0.5, 0.6) is 0 Å². The van der Waals surface area contributed by atoms with Gasteiger partial charge in [-0.25, -0.2) is 4.98 Å². The van der Waals surface area contributed by atoms with E-state index in [0.717, 1.165) is 31.0 Å². The van der Waals surface area contributed by atoms with E-state index >= 15 is 0 Å². The van der Waals surface area contributed by atoms with Crippen LogP contribution in [-0.4, -0.2) is 36.1 Å². The van der Waals surface area contributed by atoms with Crippen molar-refractivity contribution in [1.29, 1.82) is 0 Å². The topological polar surface area (TPSA) is 28.2 Å². The molecule has 2 rings (SSSR count). The average Bonchev–Trinajstić information content (AvgIpc) is 2.83. The molecular weight excluding hydrogens is 230 g/mol. The molecular formula is C13H19N3S. The van der Waals surface area contributed by atoms with Gasteiger partial charge in [0.1, 0.15) is 4.83 Å². The number of anilines is 1. The molecule has 0 aliphatic rings. The highest BCUT2D eigenvalue weighted by molar-refractivity contribution is 7.16. The molecule has 0 bridgehead atoms. The Morgan fingerprint density at radius 1 is 1.29 bits per heavy atom. The highest BCUT2D eigenvalue weighted by atomic mass is 32.1. The maximum absolute atomic E-state index is 4.35. The maximum atomic E-state index is 4.35. The molecule has 0 fully saturated rings. The number of nitrogens with one attached hydrogen (secondary N) is 1. The van der Waals surface area contributed by atoms with Crippen molar-refractivity contribution in [1.82, 2.24) is 9.88 Å². The molecule has 92 valence electrons. The molecule has 3 nitrogen and oxygen atoms in total. The smallest absolute Gasteiger partial charge is 0.125 e. The summed E-state index contributed by atoms with van der Waals surface area (Å²) in [6, 6.07) is 4.18. The summed E-state index contributed by atoms with van der Waals surface area (Å²) in [6.07, 6.45) is 1.87. The van der Waals surface area contributed by atoms with Crippen molar-refractivity contribution in [2.24, 2.45) is 0 Å². The molecule has 0 aliphatic heterocycles. The molecule has 0 amide bonds. The number of aromatic nitrogens is 1. The fourth-order valence-electron chi connectivity index (χ4n) is 1.92. The van der Waals surface area contributed by atoms with Gasteiger partial charge in [-0.15, -0.1) is 11.3 Å². The molecule has 2 heterocycles. The fourth-order valence-corrected chi connectivity index (χ4v) is 2.68. The lowest BCUT2D eigenvalue weighted by Crippen LogP contribution is -2.28. The lowest BCUT2D eigenvalue weighted by Gasteiger charge is -2.18. The fraction of sp³-hybridized carbons (Fsp3) is 0.462. The minimum Gasteiger partial charge on any atom is -0.383 e. The minimum absolute atomic E-state index is 0.983. The Kier molecular flexibility index (Phi) is 4.34. The first-order chi connectivity index (χ1) is 8.35. The summed E-state index contributed by atoms with van der Waals surface area (Å²) in [5, 5.41) is 6.82. The maximum Gasteiger partial charge on any atom is 0.125 e. The zero-order chi connectivity index (χ0) is 12.1. The zero-order valence-electron chi connectivity index (χ0n) is 10.4. The third-order valence-corrected chi connectivity index (χ3v) is 3.83. The quantitative estimate of drug-likeness (QED) is 0.853. The van der Waals surface area contributed by atoms with Crippen LogP contribution >= 0.6 is 11.3 Å². The number of likely N-dealkylation sites (N-methyl/N-ethyl adjacent to an activating group) is 1. The van der Waals surface area contributed by atoms with Crippen molar-refractivity contribution in [2.75, 3.05) is 31.5 Å². The van der Waals surface area contributed by atoms with Crippen molar-refractivity contribution < 1.29 is 0 Å². The van der Waals surface area contributed by atoms with E-state index in [1.165, 1.54) is 11.1 Å². The van der Waals surface area contributed by atoms with Crippen LogP contribution in [-0.2, 0) is 0 Å². The van der Waals surface area contributed by atoms with Gasteiger partial charge in [-0.1, -0.05) is 13.8 Å². The predicted octanol–water partition coefficient (Wildman–Crippen LogP) is 3.05. The van der Waals surface area contributed by atoms with Crippen molar-refractivity contribution in [3.8, 4) is 0 Å². The monoisotopic (exact) mass is 249 g/mol. The molecule has 0 saturated heterocycles. The van der Waals surface area contributed by atoms with Gasteiger partial charge in [-0.3, -0.25) is 0 Å². The van der Waals surface area contributed by atoms with Crippen LogP contribution < -0.4 is 5.32 Å². The van der Waals surface area contributed by atoms with Gasteiger partial charge >= 0.3 is 0 Å². The van der Waals surface area contributed by atoms with Crippen LogP contribution in [0.4, 0.5) is 5.69 Å². The summed E-state index contributed by atoms with van der Waals surface area (Å²) in [5.41, 5.74) is 1.20. The average molecular weight is 249 g/mol. The molecule has 2 aromatic heterocycles. The van der Waals surface area contributed by atoms with Crippen molar-refractivity contribution in [3.05, 3.63) is 23.7 Å². The zero-order valence-corrected chi connectivity index (χ0v) is 11.3. The highest BCUT2D eigenvalue weighted by Crippen LogP contribution is 2.25.